The van der Waals surface area contributed by atoms with Crippen LogP contribution in [0.2, 0.25) is 0 Å². The highest BCUT2D eigenvalue weighted by Gasteiger charge is 2.25. The van der Waals surface area contributed by atoms with Crippen LogP contribution in [0.3, 0.4) is 0 Å². The molecule has 6 aromatic rings. The van der Waals surface area contributed by atoms with E-state index in [4.69, 9.17) is 9.72 Å². The van der Waals surface area contributed by atoms with Crippen LogP contribution in [0.1, 0.15) is 37.1 Å². The van der Waals surface area contributed by atoms with Gasteiger partial charge >= 0.3 is 0 Å². The molecule has 0 fully saturated rings. The highest BCUT2D eigenvalue weighted by Crippen LogP contribution is 2.46. The molecule has 0 saturated heterocycles. The minimum absolute atomic E-state index is 0.357. The molecule has 0 atom stereocenters. The Balaban J connectivity index is 1.36. The number of aromatic nitrogens is 4. The molecule has 1 aliphatic rings. The maximum absolute atomic E-state index is 6.24. The molecule has 0 bridgehead atoms. The van der Waals surface area contributed by atoms with Crippen LogP contribution in [0.15, 0.2) is 48.5 Å². The van der Waals surface area contributed by atoms with Gasteiger partial charge in [0.2, 0.25) is 0 Å². The summed E-state index contributed by atoms with van der Waals surface area (Å²) < 4.78 is 7.43. The van der Waals surface area contributed by atoms with Crippen LogP contribution in [0.5, 0.6) is 5.75 Å². The van der Waals surface area contributed by atoms with Gasteiger partial charge in [0.1, 0.15) is 29.7 Å². The van der Waals surface area contributed by atoms with Gasteiger partial charge in [-0.05, 0) is 47.5 Å². The van der Waals surface area contributed by atoms with Gasteiger partial charge in [-0.15, -0.1) is 11.3 Å². The molecular weight excluding hydrogens is 428 g/mol. The first kappa shape index (κ1) is 18.9. The van der Waals surface area contributed by atoms with Crippen molar-refractivity contribution in [3.63, 3.8) is 0 Å². The van der Waals surface area contributed by atoms with E-state index < -0.39 is 0 Å². The molecule has 3 aromatic heterocycles. The first-order chi connectivity index (χ1) is 16.0. The van der Waals surface area contributed by atoms with E-state index in [2.05, 4.69) is 77.3 Å². The van der Waals surface area contributed by atoms with E-state index in [1.54, 1.807) is 11.3 Å². The Morgan fingerprint density at radius 2 is 1.85 bits per heavy atom. The lowest BCUT2D eigenvalue weighted by Gasteiger charge is -2.17. The van der Waals surface area contributed by atoms with Crippen LogP contribution in [-0.2, 0) is 6.61 Å². The third kappa shape index (κ3) is 2.77. The van der Waals surface area contributed by atoms with Gasteiger partial charge in [-0.3, -0.25) is 0 Å². The van der Waals surface area contributed by atoms with Gasteiger partial charge in [0, 0.05) is 21.7 Å². The summed E-state index contributed by atoms with van der Waals surface area (Å²) in [6.45, 7) is 6.81. The normalized spacial score (nSPS) is 13.1. The maximum Gasteiger partial charge on any atom is 0.147 e. The predicted octanol–water partition coefficient (Wildman–Crippen LogP) is 7.31. The zero-order chi connectivity index (χ0) is 22.3. The lowest BCUT2D eigenvalue weighted by molar-refractivity contribution is 0.302. The molecule has 2 N–H and O–H groups in total. The second-order valence-corrected chi connectivity index (χ2v) is 10.1. The van der Waals surface area contributed by atoms with E-state index in [1.165, 1.54) is 31.3 Å². The van der Waals surface area contributed by atoms with E-state index in [-0.39, 0.29) is 0 Å². The summed E-state index contributed by atoms with van der Waals surface area (Å²) in [5, 5.41) is 3.62. The van der Waals surface area contributed by atoms with Crippen molar-refractivity contribution in [2.75, 3.05) is 0 Å². The molecular formula is C27H22N4OS. The van der Waals surface area contributed by atoms with Crippen LogP contribution < -0.4 is 4.74 Å². The summed E-state index contributed by atoms with van der Waals surface area (Å²) in [6.07, 6.45) is 0. The Bertz CT molecular complexity index is 1720. The molecule has 3 aromatic carbocycles. The monoisotopic (exact) mass is 450 g/mol. The van der Waals surface area contributed by atoms with Crippen molar-refractivity contribution in [1.82, 2.24) is 19.9 Å². The van der Waals surface area contributed by atoms with Crippen molar-refractivity contribution in [2.45, 2.75) is 33.3 Å². The number of nitrogens with one attached hydrogen (secondary N) is 2. The summed E-state index contributed by atoms with van der Waals surface area (Å²) in [5.74, 6) is 3.28. The van der Waals surface area contributed by atoms with Crippen molar-refractivity contribution < 1.29 is 4.74 Å². The van der Waals surface area contributed by atoms with Crippen molar-refractivity contribution >= 4 is 43.2 Å². The SMILES string of the molecule is Cc1nc2ccc3cc(-c4cc5ccc6c(c5s4)OCc4nc(C(C)C)[nH]c4-6)ccc3c2[nH]1. The average Bonchev–Trinajstić information content (AvgIpc) is 3.53. The van der Waals surface area contributed by atoms with Crippen molar-refractivity contribution in [3.8, 4) is 27.4 Å². The Morgan fingerprint density at radius 3 is 2.73 bits per heavy atom. The van der Waals surface area contributed by atoms with Crippen molar-refractivity contribution in [2.24, 2.45) is 0 Å². The summed E-state index contributed by atoms with van der Waals surface area (Å²) in [6, 6.07) is 17.5. The van der Waals surface area contributed by atoms with Crippen LogP contribution in [0, 0.1) is 6.92 Å². The molecule has 7 rings (SSSR count). The van der Waals surface area contributed by atoms with Gasteiger partial charge in [0.15, 0.2) is 0 Å². The number of hydrogen-bond donors (Lipinski definition) is 2. The molecule has 0 saturated carbocycles. The molecule has 0 aliphatic carbocycles. The number of nitrogens with zero attached hydrogens (tertiary/aromatic N) is 2. The molecule has 0 amide bonds. The molecule has 33 heavy (non-hydrogen) atoms. The van der Waals surface area contributed by atoms with Gasteiger partial charge < -0.3 is 14.7 Å². The van der Waals surface area contributed by atoms with E-state index in [1.807, 2.05) is 6.92 Å². The molecule has 162 valence electrons. The third-order valence-corrected chi connectivity index (χ3v) is 7.68. The number of aromatic amines is 2. The lowest BCUT2D eigenvalue weighted by Crippen LogP contribution is -2.05. The number of benzene rings is 3. The minimum Gasteiger partial charge on any atom is -0.485 e. The summed E-state index contributed by atoms with van der Waals surface area (Å²) >= 11 is 1.79. The first-order valence-corrected chi connectivity index (χ1v) is 12.0. The van der Waals surface area contributed by atoms with Crippen LogP contribution in [0.4, 0.5) is 0 Å². The molecule has 0 unspecified atom stereocenters. The second kappa shape index (κ2) is 6.68. The third-order valence-electron chi connectivity index (χ3n) is 6.48. The van der Waals surface area contributed by atoms with Gasteiger partial charge in [-0.2, -0.15) is 0 Å². The standard InChI is InChI=1S/C27H22N4OS/c1-13(2)27-30-21-12-32-25-19(24(21)31-27)8-5-17-11-22(33-26(17)25)16-4-7-18-15(10-16)6-9-20-23(18)29-14(3)28-20/h4-11,13H,12H2,1-3H3,(H,28,29)(H,30,31). The van der Waals surface area contributed by atoms with Gasteiger partial charge in [0.05, 0.1) is 21.4 Å². The maximum atomic E-state index is 6.24. The smallest absolute Gasteiger partial charge is 0.147 e. The Labute approximate surface area is 194 Å². The summed E-state index contributed by atoms with van der Waals surface area (Å²) in [7, 11) is 0. The van der Waals surface area contributed by atoms with Gasteiger partial charge in [-0.25, -0.2) is 9.97 Å². The number of aryl methyl sites for hydroxylation is 1. The van der Waals surface area contributed by atoms with E-state index in [9.17, 15) is 0 Å². The van der Waals surface area contributed by atoms with E-state index in [0.29, 0.717) is 12.5 Å². The van der Waals surface area contributed by atoms with Gasteiger partial charge in [0.25, 0.3) is 0 Å². The molecule has 6 heteroatoms. The fraction of sp³-hybridized carbons (Fsp3) is 0.185. The number of fused-ring (bicyclic) bond motifs is 8. The minimum atomic E-state index is 0.357. The number of thiophene rings is 1. The molecule has 0 radical (unpaired) electrons. The topological polar surface area (TPSA) is 66.6 Å². The Kier molecular flexibility index (Phi) is 3.82. The van der Waals surface area contributed by atoms with Crippen molar-refractivity contribution in [3.05, 3.63) is 65.9 Å². The van der Waals surface area contributed by atoms with Crippen LogP contribution >= 0.6 is 11.3 Å². The van der Waals surface area contributed by atoms with Crippen LogP contribution in [0.25, 0.3) is 53.6 Å². The second-order valence-electron chi connectivity index (χ2n) is 9.08. The highest BCUT2D eigenvalue weighted by molar-refractivity contribution is 7.22. The van der Waals surface area contributed by atoms with E-state index in [0.717, 1.165) is 45.4 Å². The zero-order valence-corrected chi connectivity index (χ0v) is 19.4. The number of hydrogen-bond acceptors (Lipinski definition) is 4. The Morgan fingerprint density at radius 1 is 0.970 bits per heavy atom. The fourth-order valence-electron chi connectivity index (χ4n) is 4.82. The zero-order valence-electron chi connectivity index (χ0n) is 18.6. The first-order valence-electron chi connectivity index (χ1n) is 11.2. The quantitative estimate of drug-likeness (QED) is 0.291. The molecule has 1 aliphatic heterocycles. The molecule has 5 nitrogen and oxygen atoms in total. The number of imidazole rings is 2. The summed E-state index contributed by atoms with van der Waals surface area (Å²) in [5.41, 5.74) is 6.53. The van der Waals surface area contributed by atoms with E-state index >= 15 is 0 Å². The lowest BCUT2D eigenvalue weighted by atomic mass is 10.0. The average molecular weight is 451 g/mol. The van der Waals surface area contributed by atoms with Gasteiger partial charge in [-0.1, -0.05) is 38.1 Å². The molecule has 4 heterocycles. The number of ether oxygens (including phenoxy) is 1. The fourth-order valence-corrected chi connectivity index (χ4v) is 5.97. The number of rotatable bonds is 2. The largest absolute Gasteiger partial charge is 0.485 e. The summed E-state index contributed by atoms with van der Waals surface area (Å²) in [4.78, 5) is 17.5. The Hall–Kier alpha value is -3.64. The van der Waals surface area contributed by atoms with Crippen molar-refractivity contribution in [1.29, 1.82) is 0 Å². The molecule has 0 spiro atoms. The number of H-pyrrole nitrogens is 2. The van der Waals surface area contributed by atoms with Crippen LogP contribution in [-0.4, -0.2) is 19.9 Å². The predicted molar refractivity (Wildman–Crippen MR) is 135 cm³/mol. The highest BCUT2D eigenvalue weighted by atomic mass is 32.1.